The smallest absolute Gasteiger partial charge is 0.346 e. The average Bonchev–Trinajstić information content (AvgIpc) is 3.00. The van der Waals surface area contributed by atoms with Crippen LogP contribution in [-0.2, 0) is 14.6 Å². The number of hydrogen-bond donors (Lipinski definition) is 1. The van der Waals surface area contributed by atoms with Crippen LogP contribution in [0.3, 0.4) is 0 Å². The third kappa shape index (κ3) is 5.81. The quantitative estimate of drug-likeness (QED) is 0.513. The molecule has 1 aliphatic heterocycles. The fourth-order valence-corrected chi connectivity index (χ4v) is 1.53. The number of aliphatic carboxylic acids is 1. The number of carboxylic acid groups (broad SMARTS) is 1. The maximum Gasteiger partial charge on any atom is 0.346 e. The second-order valence-corrected chi connectivity index (χ2v) is 5.57. The zero-order valence-corrected chi connectivity index (χ0v) is 12.9. The first kappa shape index (κ1) is 17.5. The topological polar surface area (TPSA) is 79.5 Å². The number of nitriles is 1. The van der Waals surface area contributed by atoms with Gasteiger partial charge in [-0.25, -0.2) is 4.79 Å². The normalized spacial score (nSPS) is 14.1. The van der Waals surface area contributed by atoms with E-state index in [-0.39, 0.29) is 11.0 Å². The number of benzene rings is 1. The summed E-state index contributed by atoms with van der Waals surface area (Å²) in [6.07, 6.45) is 3.29. The molecule has 0 aliphatic carbocycles. The van der Waals surface area contributed by atoms with E-state index in [1.54, 1.807) is 30.3 Å². The Hall–Kier alpha value is -2.58. The highest BCUT2D eigenvalue weighted by molar-refractivity contribution is 5.96. The number of nitrogens with zero attached hydrogens (tertiary/aromatic N) is 1. The van der Waals surface area contributed by atoms with Crippen molar-refractivity contribution in [3.05, 3.63) is 53.3 Å². The van der Waals surface area contributed by atoms with E-state index in [0.29, 0.717) is 12.2 Å². The van der Waals surface area contributed by atoms with Crippen molar-refractivity contribution >= 4 is 12.0 Å². The molecule has 0 unspecified atom stereocenters. The molecular formula is C17H19NO4. The van der Waals surface area contributed by atoms with Crippen LogP contribution in [0, 0.1) is 16.7 Å². The van der Waals surface area contributed by atoms with Crippen LogP contribution in [0.5, 0.6) is 0 Å². The predicted octanol–water partition coefficient (Wildman–Crippen LogP) is 3.56. The second-order valence-electron chi connectivity index (χ2n) is 5.57. The third-order valence-corrected chi connectivity index (χ3v) is 2.69. The predicted molar refractivity (Wildman–Crippen MR) is 82.2 cm³/mol. The third-order valence-electron chi connectivity index (χ3n) is 2.69. The minimum absolute atomic E-state index is 0.0938. The highest BCUT2D eigenvalue weighted by Crippen LogP contribution is 2.28. The average molecular weight is 301 g/mol. The monoisotopic (exact) mass is 301 g/mol. The standard InChI is InChI=1S/C10H7NO2.C7H12O2/c11-7-9(10(12)13)6-8-4-2-1-3-5-8;1-7(2,3)6-4-5-8-9-6/h1-6H,(H,12,13);4H,5H2,1-3H3. The lowest BCUT2D eigenvalue weighted by Gasteiger charge is -2.16. The molecule has 1 aromatic carbocycles. The number of hydrogen-bond acceptors (Lipinski definition) is 4. The van der Waals surface area contributed by atoms with Crippen LogP contribution in [0.15, 0.2) is 47.7 Å². The molecule has 0 aromatic heterocycles. The summed E-state index contributed by atoms with van der Waals surface area (Å²) in [5.74, 6) is -0.270. The molecule has 116 valence electrons. The van der Waals surface area contributed by atoms with Crippen molar-refractivity contribution in [2.45, 2.75) is 20.8 Å². The van der Waals surface area contributed by atoms with E-state index in [1.165, 1.54) is 6.08 Å². The minimum atomic E-state index is -1.20. The number of carboxylic acids is 1. The molecule has 2 rings (SSSR count). The first-order chi connectivity index (χ1) is 10.3. The van der Waals surface area contributed by atoms with Gasteiger partial charge in [-0.2, -0.15) is 10.1 Å². The van der Waals surface area contributed by atoms with Crippen LogP contribution >= 0.6 is 0 Å². The molecule has 1 aromatic rings. The lowest BCUT2D eigenvalue weighted by atomic mass is 9.94. The molecule has 5 heteroatoms. The molecule has 0 saturated heterocycles. The molecule has 1 heterocycles. The van der Waals surface area contributed by atoms with Gasteiger partial charge in [0, 0.05) is 5.41 Å². The fourth-order valence-electron chi connectivity index (χ4n) is 1.53. The van der Waals surface area contributed by atoms with Crippen LogP contribution < -0.4 is 0 Å². The number of allylic oxidation sites excluding steroid dienone is 1. The van der Waals surface area contributed by atoms with Gasteiger partial charge in [0.25, 0.3) is 0 Å². The molecule has 1 aliphatic rings. The Morgan fingerprint density at radius 3 is 2.32 bits per heavy atom. The van der Waals surface area contributed by atoms with E-state index < -0.39 is 5.97 Å². The van der Waals surface area contributed by atoms with Gasteiger partial charge in [-0.05, 0) is 17.7 Å². The highest BCUT2D eigenvalue weighted by Gasteiger charge is 2.22. The molecule has 1 N–H and O–H groups in total. The summed E-state index contributed by atoms with van der Waals surface area (Å²) in [7, 11) is 0. The van der Waals surface area contributed by atoms with Crippen molar-refractivity contribution in [2.75, 3.05) is 6.61 Å². The van der Waals surface area contributed by atoms with E-state index in [2.05, 4.69) is 20.8 Å². The highest BCUT2D eigenvalue weighted by atomic mass is 17.2. The summed E-state index contributed by atoms with van der Waals surface area (Å²) in [4.78, 5) is 20.0. The van der Waals surface area contributed by atoms with Gasteiger partial charge in [-0.3, -0.25) is 0 Å². The van der Waals surface area contributed by atoms with Crippen molar-refractivity contribution in [3.63, 3.8) is 0 Å². The summed E-state index contributed by atoms with van der Waals surface area (Å²) < 4.78 is 0. The lowest BCUT2D eigenvalue weighted by molar-refractivity contribution is -0.243. The number of rotatable bonds is 2. The van der Waals surface area contributed by atoms with Crippen LogP contribution in [0.2, 0.25) is 0 Å². The van der Waals surface area contributed by atoms with Crippen LogP contribution in [-0.4, -0.2) is 17.7 Å². The van der Waals surface area contributed by atoms with Crippen molar-refractivity contribution in [1.29, 1.82) is 5.26 Å². The van der Waals surface area contributed by atoms with Gasteiger partial charge in [-0.15, -0.1) is 0 Å². The molecular weight excluding hydrogens is 282 g/mol. The van der Waals surface area contributed by atoms with Crippen LogP contribution in [0.1, 0.15) is 26.3 Å². The van der Waals surface area contributed by atoms with Gasteiger partial charge in [0.15, 0.2) is 0 Å². The fraction of sp³-hybridized carbons (Fsp3) is 0.294. The summed E-state index contributed by atoms with van der Waals surface area (Å²) in [6.45, 7) is 6.86. The van der Waals surface area contributed by atoms with E-state index in [1.807, 2.05) is 12.1 Å². The molecule has 5 nitrogen and oxygen atoms in total. The van der Waals surface area contributed by atoms with Crippen molar-refractivity contribution in [2.24, 2.45) is 5.41 Å². The molecule has 0 amide bonds. The van der Waals surface area contributed by atoms with Crippen LogP contribution in [0.4, 0.5) is 0 Å². The maximum atomic E-state index is 10.4. The molecule has 22 heavy (non-hydrogen) atoms. The van der Waals surface area contributed by atoms with Gasteiger partial charge >= 0.3 is 5.97 Å². The van der Waals surface area contributed by atoms with E-state index in [9.17, 15) is 4.79 Å². The maximum absolute atomic E-state index is 10.4. The minimum Gasteiger partial charge on any atom is -0.477 e. The first-order valence-corrected chi connectivity index (χ1v) is 6.75. The summed E-state index contributed by atoms with van der Waals surface area (Å²) in [5, 5.41) is 17.0. The Balaban J connectivity index is 0.000000235. The van der Waals surface area contributed by atoms with Gasteiger partial charge in [0.1, 0.15) is 24.0 Å². The Labute approximate surface area is 130 Å². The van der Waals surface area contributed by atoms with Gasteiger partial charge in [0.05, 0.1) is 0 Å². The zero-order chi connectivity index (χ0) is 16.6. The summed E-state index contributed by atoms with van der Waals surface area (Å²) >= 11 is 0. The zero-order valence-electron chi connectivity index (χ0n) is 12.9. The van der Waals surface area contributed by atoms with Crippen molar-refractivity contribution in [3.8, 4) is 6.07 Å². The van der Waals surface area contributed by atoms with Crippen LogP contribution in [0.25, 0.3) is 6.08 Å². The largest absolute Gasteiger partial charge is 0.477 e. The summed E-state index contributed by atoms with van der Waals surface area (Å²) in [5.41, 5.74) is 0.545. The first-order valence-electron chi connectivity index (χ1n) is 6.75. The molecule has 0 radical (unpaired) electrons. The van der Waals surface area contributed by atoms with Crippen molar-refractivity contribution in [1.82, 2.24) is 0 Å². The van der Waals surface area contributed by atoms with Gasteiger partial charge < -0.3 is 9.99 Å². The Morgan fingerprint density at radius 1 is 1.32 bits per heavy atom. The Kier molecular flexibility index (Phi) is 6.36. The van der Waals surface area contributed by atoms with Gasteiger partial charge in [0.2, 0.25) is 0 Å². The van der Waals surface area contributed by atoms with Crippen molar-refractivity contribution < 1.29 is 19.7 Å². The molecule has 0 bridgehead atoms. The Morgan fingerprint density at radius 2 is 1.95 bits per heavy atom. The summed E-state index contributed by atoms with van der Waals surface area (Å²) in [6, 6.07) is 10.5. The molecule has 0 saturated carbocycles. The SMILES string of the molecule is CC(C)(C)C1=CCOO1.N#CC(=Cc1ccccc1)C(=O)O. The molecule has 0 atom stereocenters. The molecule has 0 spiro atoms. The van der Waals surface area contributed by atoms with Gasteiger partial charge in [-0.1, -0.05) is 51.1 Å². The molecule has 0 fully saturated rings. The Bertz CT molecular complexity index is 604. The lowest BCUT2D eigenvalue weighted by Crippen LogP contribution is -2.08. The second kappa shape index (κ2) is 8.01. The van der Waals surface area contributed by atoms with E-state index in [0.717, 1.165) is 5.76 Å². The number of carbonyl (C=O) groups is 1. The van der Waals surface area contributed by atoms with E-state index in [4.69, 9.17) is 20.1 Å². The van der Waals surface area contributed by atoms with E-state index >= 15 is 0 Å².